The van der Waals surface area contributed by atoms with E-state index < -0.39 is 17.6 Å². The number of carbonyl (C=O) groups is 2. The largest absolute Gasteiger partial charge is 0.354 e. The Morgan fingerprint density at radius 2 is 1.90 bits per heavy atom. The molecule has 2 rings (SSSR count). The van der Waals surface area contributed by atoms with Crippen LogP contribution in [0, 0.1) is 17.6 Å². The van der Waals surface area contributed by atoms with E-state index in [1.165, 1.54) is 4.90 Å². The summed E-state index contributed by atoms with van der Waals surface area (Å²) in [5.74, 6) is -2.51. The first kappa shape index (κ1) is 14.4. The Kier molecular flexibility index (Phi) is 4.01. The van der Waals surface area contributed by atoms with E-state index in [2.05, 4.69) is 5.32 Å². The number of anilines is 1. The average Bonchev–Trinajstić information content (AvgIpc) is 2.69. The summed E-state index contributed by atoms with van der Waals surface area (Å²) in [5.41, 5.74) is 0.146. The van der Waals surface area contributed by atoms with Crippen LogP contribution in [-0.4, -0.2) is 24.4 Å². The van der Waals surface area contributed by atoms with Gasteiger partial charge in [0.15, 0.2) is 0 Å². The average molecular weight is 282 g/mol. The molecule has 6 heteroatoms. The Bertz CT molecular complexity index is 526. The summed E-state index contributed by atoms with van der Waals surface area (Å²) < 4.78 is 26.4. The Morgan fingerprint density at radius 3 is 2.45 bits per heavy atom. The zero-order valence-corrected chi connectivity index (χ0v) is 11.3. The molecule has 4 nitrogen and oxygen atoms in total. The minimum atomic E-state index is -0.747. The van der Waals surface area contributed by atoms with Crippen molar-refractivity contribution in [3.8, 4) is 0 Å². The van der Waals surface area contributed by atoms with E-state index in [0.29, 0.717) is 0 Å². The lowest BCUT2D eigenvalue weighted by Gasteiger charge is -2.17. The quantitative estimate of drug-likeness (QED) is 0.919. The van der Waals surface area contributed by atoms with Crippen LogP contribution in [0.3, 0.4) is 0 Å². The molecular weight excluding hydrogens is 266 g/mol. The molecule has 0 spiro atoms. The van der Waals surface area contributed by atoms with Crippen molar-refractivity contribution in [2.45, 2.75) is 26.3 Å². The molecule has 1 N–H and O–H groups in total. The van der Waals surface area contributed by atoms with Gasteiger partial charge in [0, 0.05) is 30.8 Å². The van der Waals surface area contributed by atoms with Crippen LogP contribution in [-0.2, 0) is 9.59 Å². The summed E-state index contributed by atoms with van der Waals surface area (Å²) in [6, 6.07) is 2.90. The number of halogens is 2. The van der Waals surface area contributed by atoms with E-state index in [-0.39, 0.29) is 36.5 Å². The highest BCUT2D eigenvalue weighted by atomic mass is 19.1. The summed E-state index contributed by atoms with van der Waals surface area (Å²) in [7, 11) is 0. The highest BCUT2D eigenvalue weighted by Gasteiger charge is 2.35. The number of hydrogen-bond acceptors (Lipinski definition) is 2. The van der Waals surface area contributed by atoms with Crippen LogP contribution < -0.4 is 10.2 Å². The Labute approximate surface area is 115 Å². The van der Waals surface area contributed by atoms with Crippen LogP contribution in [0.1, 0.15) is 20.3 Å². The Morgan fingerprint density at radius 1 is 1.30 bits per heavy atom. The number of rotatable bonds is 3. The standard InChI is InChI=1S/C14H16F2N2O2/c1-8(2)17-14(20)9-3-13(19)18(7-9)12-5-10(15)4-11(16)6-12/h4-6,8-9H,3,7H2,1-2H3,(H,17,20). The van der Waals surface area contributed by atoms with Gasteiger partial charge >= 0.3 is 0 Å². The molecule has 1 fully saturated rings. The number of nitrogens with one attached hydrogen (secondary N) is 1. The zero-order chi connectivity index (χ0) is 14.9. The van der Waals surface area contributed by atoms with Crippen LogP contribution >= 0.6 is 0 Å². The van der Waals surface area contributed by atoms with Crippen LogP contribution in [0.5, 0.6) is 0 Å². The van der Waals surface area contributed by atoms with E-state index in [1.54, 1.807) is 0 Å². The first-order valence-corrected chi connectivity index (χ1v) is 6.43. The van der Waals surface area contributed by atoms with Crippen molar-refractivity contribution in [3.63, 3.8) is 0 Å². The van der Waals surface area contributed by atoms with Gasteiger partial charge in [0.1, 0.15) is 11.6 Å². The predicted octanol–water partition coefficient (Wildman–Crippen LogP) is 1.84. The molecule has 0 aliphatic carbocycles. The molecule has 20 heavy (non-hydrogen) atoms. The van der Waals surface area contributed by atoms with Crippen molar-refractivity contribution in [1.29, 1.82) is 0 Å². The van der Waals surface area contributed by atoms with Crippen LogP contribution in [0.15, 0.2) is 18.2 Å². The lowest BCUT2D eigenvalue weighted by Crippen LogP contribution is -2.37. The van der Waals surface area contributed by atoms with Gasteiger partial charge in [-0.3, -0.25) is 9.59 Å². The summed E-state index contributed by atoms with van der Waals surface area (Å²) in [6.07, 6.45) is 0.0523. The number of hydrogen-bond donors (Lipinski definition) is 1. The summed E-state index contributed by atoms with van der Waals surface area (Å²) in [4.78, 5) is 25.0. The van der Waals surface area contributed by atoms with Gasteiger partial charge in [-0.25, -0.2) is 8.78 Å². The van der Waals surface area contributed by atoms with Crippen molar-refractivity contribution in [1.82, 2.24) is 5.32 Å². The number of nitrogens with zero attached hydrogens (tertiary/aromatic N) is 1. The normalized spacial score (nSPS) is 18.8. The Balaban J connectivity index is 2.15. The predicted molar refractivity (Wildman–Crippen MR) is 70.1 cm³/mol. The fourth-order valence-corrected chi connectivity index (χ4v) is 2.23. The monoisotopic (exact) mass is 282 g/mol. The van der Waals surface area contributed by atoms with E-state index >= 15 is 0 Å². The molecule has 1 saturated heterocycles. The molecule has 0 aromatic heterocycles. The Hall–Kier alpha value is -1.98. The molecule has 1 aliphatic rings. The molecule has 1 aromatic rings. The highest BCUT2D eigenvalue weighted by Crippen LogP contribution is 2.26. The highest BCUT2D eigenvalue weighted by molar-refractivity contribution is 6.00. The molecule has 1 unspecified atom stereocenters. The van der Waals surface area contributed by atoms with Crippen LogP contribution in [0.25, 0.3) is 0 Å². The minimum Gasteiger partial charge on any atom is -0.354 e. The van der Waals surface area contributed by atoms with E-state index in [9.17, 15) is 18.4 Å². The second kappa shape index (κ2) is 5.56. The number of benzene rings is 1. The molecule has 1 aromatic carbocycles. The molecule has 0 bridgehead atoms. The third kappa shape index (κ3) is 3.12. The van der Waals surface area contributed by atoms with Crippen molar-refractivity contribution >= 4 is 17.5 Å². The molecule has 1 heterocycles. The smallest absolute Gasteiger partial charge is 0.227 e. The van der Waals surface area contributed by atoms with Crippen molar-refractivity contribution in [3.05, 3.63) is 29.8 Å². The van der Waals surface area contributed by atoms with Crippen LogP contribution in [0.4, 0.5) is 14.5 Å². The van der Waals surface area contributed by atoms with E-state index in [0.717, 1.165) is 18.2 Å². The molecule has 1 atom stereocenters. The summed E-state index contributed by atoms with van der Waals surface area (Å²) in [5, 5.41) is 2.73. The van der Waals surface area contributed by atoms with E-state index in [1.807, 2.05) is 13.8 Å². The fraction of sp³-hybridized carbons (Fsp3) is 0.429. The van der Waals surface area contributed by atoms with Gasteiger partial charge in [-0.15, -0.1) is 0 Å². The maximum atomic E-state index is 13.2. The molecule has 108 valence electrons. The topological polar surface area (TPSA) is 49.4 Å². The first-order valence-electron chi connectivity index (χ1n) is 6.43. The minimum absolute atomic E-state index is 0.0155. The lowest BCUT2D eigenvalue weighted by molar-refractivity contribution is -0.126. The third-order valence-corrected chi connectivity index (χ3v) is 3.09. The number of carbonyl (C=O) groups excluding carboxylic acids is 2. The first-order chi connectivity index (χ1) is 9.36. The van der Waals surface area contributed by atoms with Crippen molar-refractivity contribution in [2.75, 3.05) is 11.4 Å². The van der Waals surface area contributed by atoms with Gasteiger partial charge < -0.3 is 10.2 Å². The molecule has 1 aliphatic heterocycles. The lowest BCUT2D eigenvalue weighted by atomic mass is 10.1. The van der Waals surface area contributed by atoms with Crippen molar-refractivity contribution < 1.29 is 18.4 Å². The van der Waals surface area contributed by atoms with Gasteiger partial charge in [-0.05, 0) is 26.0 Å². The van der Waals surface area contributed by atoms with Gasteiger partial charge in [-0.2, -0.15) is 0 Å². The number of amides is 2. The second-order valence-corrected chi connectivity index (χ2v) is 5.20. The summed E-state index contributed by atoms with van der Waals surface area (Å²) >= 11 is 0. The molecule has 2 amide bonds. The van der Waals surface area contributed by atoms with Gasteiger partial charge in [0.05, 0.1) is 5.92 Å². The summed E-state index contributed by atoms with van der Waals surface area (Å²) in [6.45, 7) is 3.79. The zero-order valence-electron chi connectivity index (χ0n) is 11.3. The van der Waals surface area contributed by atoms with Crippen LogP contribution in [0.2, 0.25) is 0 Å². The van der Waals surface area contributed by atoms with Gasteiger partial charge in [0.2, 0.25) is 11.8 Å². The molecule has 0 saturated carbocycles. The molecule has 0 radical (unpaired) electrons. The van der Waals surface area contributed by atoms with Crippen molar-refractivity contribution in [2.24, 2.45) is 5.92 Å². The van der Waals surface area contributed by atoms with Gasteiger partial charge in [0.25, 0.3) is 0 Å². The third-order valence-electron chi connectivity index (χ3n) is 3.09. The van der Waals surface area contributed by atoms with E-state index in [4.69, 9.17) is 0 Å². The second-order valence-electron chi connectivity index (χ2n) is 5.20. The molecular formula is C14H16F2N2O2. The SMILES string of the molecule is CC(C)NC(=O)C1CC(=O)N(c2cc(F)cc(F)c2)C1. The maximum Gasteiger partial charge on any atom is 0.227 e. The maximum absolute atomic E-state index is 13.2. The van der Waals surface area contributed by atoms with Gasteiger partial charge in [-0.1, -0.05) is 0 Å². The fourth-order valence-electron chi connectivity index (χ4n) is 2.23.